The zero-order valence-corrected chi connectivity index (χ0v) is 15.5. The van der Waals surface area contributed by atoms with Gasteiger partial charge in [0.2, 0.25) is 0 Å². The zero-order chi connectivity index (χ0) is 14.9. The number of hydrogen-bond acceptors (Lipinski definition) is 0. The first kappa shape index (κ1) is 15.3. The molecule has 110 valence electrons. The number of aryl methyl sites for hydroxylation is 1. The standard InChI is InChI=1S/C19H20Br2/c1-2-3-4-5-9-14-10-8-12-16-15-11-6-7-13-17(15)19(20,21)18(14)16/h6-8,10-13H,2-5,9H2,1H3. The Kier molecular flexibility index (Phi) is 4.56. The third-order valence-corrected chi connectivity index (χ3v) is 5.97. The molecule has 1 aliphatic rings. The minimum atomic E-state index is -0.229. The summed E-state index contributed by atoms with van der Waals surface area (Å²) in [6.07, 6.45) is 6.39. The van der Waals surface area contributed by atoms with Gasteiger partial charge in [-0.2, -0.15) is 0 Å². The largest absolute Gasteiger partial charge is 0.132 e. The van der Waals surface area contributed by atoms with Crippen molar-refractivity contribution in [1.29, 1.82) is 0 Å². The fraction of sp³-hybridized carbons (Fsp3) is 0.368. The van der Waals surface area contributed by atoms with Gasteiger partial charge >= 0.3 is 0 Å². The van der Waals surface area contributed by atoms with E-state index >= 15 is 0 Å². The molecule has 0 heterocycles. The van der Waals surface area contributed by atoms with Crippen molar-refractivity contribution >= 4 is 31.9 Å². The lowest BCUT2D eigenvalue weighted by molar-refractivity contribution is 0.665. The molecule has 1 aliphatic carbocycles. The normalized spacial score (nSPS) is 14.8. The maximum absolute atomic E-state index is 3.93. The summed E-state index contributed by atoms with van der Waals surface area (Å²) in [6, 6.07) is 15.4. The number of alkyl halides is 2. The molecular formula is C19H20Br2. The third-order valence-electron chi connectivity index (χ3n) is 4.32. The highest BCUT2D eigenvalue weighted by molar-refractivity contribution is 9.25. The molecule has 2 aromatic rings. The minimum Gasteiger partial charge on any atom is -0.0654 e. The molecule has 0 spiro atoms. The molecule has 0 N–H and O–H groups in total. The summed E-state index contributed by atoms with van der Waals surface area (Å²) in [5.74, 6) is 0. The van der Waals surface area contributed by atoms with Crippen LogP contribution < -0.4 is 0 Å². The summed E-state index contributed by atoms with van der Waals surface area (Å²) < 4.78 is -0.229. The molecular weight excluding hydrogens is 388 g/mol. The van der Waals surface area contributed by atoms with Crippen LogP contribution in [0.25, 0.3) is 11.1 Å². The highest BCUT2D eigenvalue weighted by Crippen LogP contribution is 2.57. The molecule has 0 bridgehead atoms. The average Bonchev–Trinajstić information content (AvgIpc) is 2.74. The first-order chi connectivity index (χ1) is 10.2. The molecule has 0 aliphatic heterocycles. The van der Waals surface area contributed by atoms with Crippen LogP contribution in [-0.4, -0.2) is 0 Å². The van der Waals surface area contributed by atoms with Crippen LogP contribution in [0.3, 0.4) is 0 Å². The van der Waals surface area contributed by atoms with Gasteiger partial charge in [-0.3, -0.25) is 0 Å². The maximum atomic E-state index is 3.93. The maximum Gasteiger partial charge on any atom is 0.132 e. The Hall–Kier alpha value is -0.600. The van der Waals surface area contributed by atoms with Gasteiger partial charge in [0.1, 0.15) is 3.23 Å². The molecule has 0 atom stereocenters. The SMILES string of the molecule is CCCCCCc1cccc2c1C(Br)(Br)c1ccccc1-2. The van der Waals surface area contributed by atoms with Crippen molar-refractivity contribution in [2.24, 2.45) is 0 Å². The highest BCUT2D eigenvalue weighted by Gasteiger charge is 2.40. The fourth-order valence-corrected chi connectivity index (χ4v) is 4.90. The van der Waals surface area contributed by atoms with Gasteiger partial charge in [-0.15, -0.1) is 0 Å². The number of halogens is 2. The molecule has 0 aromatic heterocycles. The van der Waals surface area contributed by atoms with Crippen LogP contribution >= 0.6 is 31.9 Å². The molecule has 0 saturated carbocycles. The first-order valence-corrected chi connectivity index (χ1v) is 9.35. The number of rotatable bonds is 5. The van der Waals surface area contributed by atoms with Crippen molar-refractivity contribution in [3.8, 4) is 11.1 Å². The summed E-state index contributed by atoms with van der Waals surface area (Å²) in [6.45, 7) is 2.26. The first-order valence-electron chi connectivity index (χ1n) is 7.76. The van der Waals surface area contributed by atoms with Gasteiger partial charge in [-0.05, 0) is 40.7 Å². The van der Waals surface area contributed by atoms with E-state index < -0.39 is 0 Å². The summed E-state index contributed by atoms with van der Waals surface area (Å²) in [5, 5.41) is 0. The van der Waals surface area contributed by atoms with Crippen LogP contribution in [0.4, 0.5) is 0 Å². The Morgan fingerprint density at radius 3 is 2.43 bits per heavy atom. The van der Waals surface area contributed by atoms with Gasteiger partial charge in [0, 0.05) is 0 Å². The highest BCUT2D eigenvalue weighted by atomic mass is 79.9. The van der Waals surface area contributed by atoms with E-state index in [1.165, 1.54) is 53.5 Å². The summed E-state index contributed by atoms with van der Waals surface area (Å²) in [7, 11) is 0. The van der Waals surface area contributed by atoms with Gasteiger partial charge in [0.25, 0.3) is 0 Å². The topological polar surface area (TPSA) is 0 Å². The van der Waals surface area contributed by atoms with E-state index in [1.807, 2.05) is 0 Å². The monoisotopic (exact) mass is 406 g/mol. The van der Waals surface area contributed by atoms with Crippen molar-refractivity contribution in [2.45, 2.75) is 42.3 Å². The Bertz CT molecular complexity index is 644. The summed E-state index contributed by atoms with van der Waals surface area (Å²) >= 11 is 7.86. The predicted octanol–water partition coefficient (Wildman–Crippen LogP) is 6.78. The zero-order valence-electron chi connectivity index (χ0n) is 12.3. The van der Waals surface area contributed by atoms with Gasteiger partial charge < -0.3 is 0 Å². The van der Waals surface area contributed by atoms with Crippen LogP contribution in [0.5, 0.6) is 0 Å². The molecule has 21 heavy (non-hydrogen) atoms. The fourth-order valence-electron chi connectivity index (χ4n) is 3.27. The lowest BCUT2D eigenvalue weighted by Crippen LogP contribution is -2.09. The van der Waals surface area contributed by atoms with Crippen molar-refractivity contribution in [3.05, 3.63) is 59.2 Å². The third kappa shape index (κ3) is 2.73. The van der Waals surface area contributed by atoms with Crippen LogP contribution in [0, 0.1) is 0 Å². The molecule has 2 aromatic carbocycles. The van der Waals surface area contributed by atoms with Crippen molar-refractivity contribution in [1.82, 2.24) is 0 Å². The van der Waals surface area contributed by atoms with E-state index in [1.54, 1.807) is 0 Å². The van der Waals surface area contributed by atoms with Crippen LogP contribution in [-0.2, 0) is 9.65 Å². The van der Waals surface area contributed by atoms with Gasteiger partial charge in [-0.1, -0.05) is 101 Å². The van der Waals surface area contributed by atoms with Crippen molar-refractivity contribution < 1.29 is 0 Å². The Morgan fingerprint density at radius 2 is 1.62 bits per heavy atom. The van der Waals surface area contributed by atoms with Gasteiger partial charge in [0.15, 0.2) is 0 Å². The van der Waals surface area contributed by atoms with Crippen LogP contribution in [0.15, 0.2) is 42.5 Å². The second-order valence-electron chi connectivity index (χ2n) is 5.77. The Labute approximate surface area is 144 Å². The molecule has 0 saturated heterocycles. The summed E-state index contributed by atoms with van der Waals surface area (Å²) in [4.78, 5) is 0. The van der Waals surface area contributed by atoms with E-state index in [2.05, 4.69) is 81.2 Å². The van der Waals surface area contributed by atoms with E-state index in [9.17, 15) is 0 Å². The van der Waals surface area contributed by atoms with E-state index in [0.29, 0.717) is 0 Å². The van der Waals surface area contributed by atoms with Crippen LogP contribution in [0.1, 0.15) is 49.3 Å². The van der Waals surface area contributed by atoms with Crippen molar-refractivity contribution in [2.75, 3.05) is 0 Å². The predicted molar refractivity (Wildman–Crippen MR) is 98.4 cm³/mol. The van der Waals surface area contributed by atoms with E-state index in [-0.39, 0.29) is 3.23 Å². The number of hydrogen-bond donors (Lipinski definition) is 0. The molecule has 0 nitrogen and oxygen atoms in total. The Morgan fingerprint density at radius 1 is 0.857 bits per heavy atom. The van der Waals surface area contributed by atoms with E-state index in [0.717, 1.165) is 6.42 Å². The van der Waals surface area contributed by atoms with Crippen molar-refractivity contribution in [3.63, 3.8) is 0 Å². The molecule has 0 fully saturated rings. The van der Waals surface area contributed by atoms with Gasteiger partial charge in [-0.25, -0.2) is 0 Å². The smallest absolute Gasteiger partial charge is 0.0654 e. The Balaban J connectivity index is 1.98. The number of unbranched alkanes of at least 4 members (excludes halogenated alkanes) is 3. The average molecular weight is 408 g/mol. The second kappa shape index (κ2) is 6.26. The number of benzene rings is 2. The van der Waals surface area contributed by atoms with Crippen LogP contribution in [0.2, 0.25) is 0 Å². The molecule has 0 radical (unpaired) electrons. The second-order valence-corrected chi connectivity index (χ2v) is 9.21. The number of fused-ring (bicyclic) bond motifs is 3. The quantitative estimate of drug-likeness (QED) is 0.378. The molecule has 2 heteroatoms. The van der Waals surface area contributed by atoms with Gasteiger partial charge in [0.05, 0.1) is 0 Å². The van der Waals surface area contributed by atoms with E-state index in [4.69, 9.17) is 0 Å². The molecule has 3 rings (SSSR count). The summed E-state index contributed by atoms with van der Waals surface area (Å²) in [5.41, 5.74) is 6.90. The lowest BCUT2D eigenvalue weighted by Gasteiger charge is -2.20. The molecule has 0 unspecified atom stereocenters. The minimum absolute atomic E-state index is 0.229. The molecule has 0 amide bonds. The lowest BCUT2D eigenvalue weighted by atomic mass is 9.97.